The first kappa shape index (κ1) is 17.2. The maximum absolute atomic E-state index is 12.8. The summed E-state index contributed by atoms with van der Waals surface area (Å²) in [5.74, 6) is 0.628. The summed E-state index contributed by atoms with van der Waals surface area (Å²) < 4.78 is 0. The van der Waals surface area contributed by atoms with E-state index in [1.54, 1.807) is 11.3 Å². The summed E-state index contributed by atoms with van der Waals surface area (Å²) in [6.07, 6.45) is 7.70. The standard InChI is InChI=1S/C18H28N2OS/c1-12(2)17-19-13(3)16(22-17)14(4)20(5)18(21)15-10-8-6-7-9-11-15/h10,12,14H,6-9,11H2,1-5H3. The van der Waals surface area contributed by atoms with E-state index in [4.69, 9.17) is 0 Å². The van der Waals surface area contributed by atoms with E-state index in [0.29, 0.717) is 5.92 Å². The van der Waals surface area contributed by atoms with Gasteiger partial charge in [0.25, 0.3) is 0 Å². The number of aryl methyl sites for hydroxylation is 1. The van der Waals surface area contributed by atoms with Gasteiger partial charge in [0.2, 0.25) is 5.91 Å². The fourth-order valence-corrected chi connectivity index (χ4v) is 4.02. The fraction of sp³-hybridized carbons (Fsp3) is 0.667. The number of thiazole rings is 1. The van der Waals surface area contributed by atoms with Gasteiger partial charge in [-0.05, 0) is 39.5 Å². The predicted octanol–water partition coefficient (Wildman–Crippen LogP) is 4.98. The van der Waals surface area contributed by atoms with Crippen LogP contribution in [0.15, 0.2) is 11.6 Å². The van der Waals surface area contributed by atoms with Gasteiger partial charge in [0.1, 0.15) is 0 Å². The molecule has 22 heavy (non-hydrogen) atoms. The van der Waals surface area contributed by atoms with Crippen LogP contribution < -0.4 is 0 Å². The minimum atomic E-state index is 0.0849. The Morgan fingerprint density at radius 3 is 2.64 bits per heavy atom. The zero-order chi connectivity index (χ0) is 16.3. The van der Waals surface area contributed by atoms with Crippen LogP contribution in [0.25, 0.3) is 0 Å². The molecule has 0 N–H and O–H groups in total. The summed E-state index contributed by atoms with van der Waals surface area (Å²) in [5.41, 5.74) is 2.06. The molecule has 0 saturated carbocycles. The van der Waals surface area contributed by atoms with Gasteiger partial charge in [0.05, 0.1) is 16.7 Å². The van der Waals surface area contributed by atoms with Gasteiger partial charge in [-0.15, -0.1) is 11.3 Å². The third kappa shape index (κ3) is 3.78. The summed E-state index contributed by atoms with van der Waals surface area (Å²) >= 11 is 1.75. The van der Waals surface area contributed by atoms with Crippen LogP contribution in [0.3, 0.4) is 0 Å². The number of rotatable bonds is 4. The Morgan fingerprint density at radius 2 is 2.00 bits per heavy atom. The number of nitrogens with zero attached hydrogens (tertiary/aromatic N) is 2. The van der Waals surface area contributed by atoms with Crippen LogP contribution in [0, 0.1) is 6.92 Å². The first-order chi connectivity index (χ1) is 10.4. The van der Waals surface area contributed by atoms with Gasteiger partial charge in [0.15, 0.2) is 0 Å². The van der Waals surface area contributed by atoms with Crippen LogP contribution in [-0.4, -0.2) is 22.8 Å². The molecule has 1 heterocycles. The number of likely N-dealkylation sites (N-methyl/N-ethyl adjacent to an activating group) is 1. The monoisotopic (exact) mass is 320 g/mol. The molecule has 2 rings (SSSR count). The van der Waals surface area contributed by atoms with E-state index in [9.17, 15) is 4.79 Å². The number of hydrogen-bond acceptors (Lipinski definition) is 3. The smallest absolute Gasteiger partial charge is 0.249 e. The van der Waals surface area contributed by atoms with Crippen molar-refractivity contribution in [3.63, 3.8) is 0 Å². The van der Waals surface area contributed by atoms with Crippen LogP contribution in [0.4, 0.5) is 0 Å². The summed E-state index contributed by atoms with van der Waals surface area (Å²) in [6.45, 7) is 8.49. The molecule has 0 spiro atoms. The maximum atomic E-state index is 12.8. The van der Waals surface area contributed by atoms with E-state index >= 15 is 0 Å². The molecular formula is C18H28N2OS. The SMILES string of the molecule is Cc1nc(C(C)C)sc1C(C)N(C)C(=O)C1=CCCCCC1. The van der Waals surface area contributed by atoms with Crippen molar-refractivity contribution in [1.29, 1.82) is 0 Å². The van der Waals surface area contributed by atoms with Crippen molar-refractivity contribution < 1.29 is 4.79 Å². The average Bonchev–Trinajstić information content (AvgIpc) is 2.72. The number of carbonyl (C=O) groups excluding carboxylic acids is 1. The van der Waals surface area contributed by atoms with Gasteiger partial charge in [0, 0.05) is 23.4 Å². The van der Waals surface area contributed by atoms with Crippen LogP contribution in [0.5, 0.6) is 0 Å². The Bertz CT molecular complexity index is 559. The van der Waals surface area contributed by atoms with Gasteiger partial charge in [-0.25, -0.2) is 4.98 Å². The van der Waals surface area contributed by atoms with E-state index < -0.39 is 0 Å². The molecule has 1 atom stereocenters. The van der Waals surface area contributed by atoms with Crippen molar-refractivity contribution in [3.05, 3.63) is 27.2 Å². The second-order valence-electron chi connectivity index (χ2n) is 6.58. The zero-order valence-corrected chi connectivity index (χ0v) is 15.3. The quantitative estimate of drug-likeness (QED) is 0.783. The Kier molecular flexibility index (Phi) is 5.79. The third-order valence-electron chi connectivity index (χ3n) is 4.44. The van der Waals surface area contributed by atoms with Gasteiger partial charge >= 0.3 is 0 Å². The number of amides is 1. The first-order valence-electron chi connectivity index (χ1n) is 8.35. The van der Waals surface area contributed by atoms with Crippen molar-refractivity contribution in [2.45, 2.75) is 71.8 Å². The largest absolute Gasteiger partial charge is 0.334 e. The van der Waals surface area contributed by atoms with Crippen LogP contribution in [-0.2, 0) is 4.79 Å². The second kappa shape index (κ2) is 7.40. The van der Waals surface area contributed by atoms with E-state index in [0.717, 1.165) is 35.5 Å². The molecular weight excluding hydrogens is 292 g/mol. The van der Waals surface area contributed by atoms with E-state index in [1.807, 2.05) is 11.9 Å². The van der Waals surface area contributed by atoms with Crippen molar-refractivity contribution in [2.24, 2.45) is 0 Å². The topological polar surface area (TPSA) is 33.2 Å². The highest BCUT2D eigenvalue weighted by molar-refractivity contribution is 7.11. The second-order valence-corrected chi connectivity index (χ2v) is 7.64. The Balaban J connectivity index is 2.15. The Morgan fingerprint density at radius 1 is 1.27 bits per heavy atom. The molecule has 0 bridgehead atoms. The molecule has 1 aliphatic rings. The van der Waals surface area contributed by atoms with E-state index in [2.05, 4.69) is 38.8 Å². The molecule has 122 valence electrons. The van der Waals surface area contributed by atoms with Crippen LogP contribution in [0.1, 0.15) is 80.4 Å². The summed E-state index contributed by atoms with van der Waals surface area (Å²) in [4.78, 5) is 20.5. The molecule has 4 heteroatoms. The molecule has 1 aliphatic carbocycles. The minimum Gasteiger partial charge on any atom is -0.334 e. The van der Waals surface area contributed by atoms with Gasteiger partial charge in [-0.1, -0.05) is 26.3 Å². The van der Waals surface area contributed by atoms with E-state index in [-0.39, 0.29) is 11.9 Å². The van der Waals surface area contributed by atoms with Crippen molar-refractivity contribution in [1.82, 2.24) is 9.88 Å². The Labute approximate surface area is 138 Å². The molecule has 0 radical (unpaired) electrons. The first-order valence-corrected chi connectivity index (χ1v) is 9.16. The van der Waals surface area contributed by atoms with Gasteiger partial charge in [-0.3, -0.25) is 4.79 Å². The molecule has 1 unspecified atom stereocenters. The highest BCUT2D eigenvalue weighted by Crippen LogP contribution is 2.32. The molecule has 0 saturated heterocycles. The average molecular weight is 321 g/mol. The maximum Gasteiger partial charge on any atom is 0.249 e. The summed E-state index contributed by atoms with van der Waals surface area (Å²) in [7, 11) is 1.92. The molecule has 0 aliphatic heterocycles. The molecule has 1 amide bonds. The fourth-order valence-electron chi connectivity index (χ4n) is 2.85. The normalized spacial score (nSPS) is 17.1. The minimum absolute atomic E-state index is 0.0849. The number of aromatic nitrogens is 1. The number of allylic oxidation sites excluding steroid dienone is 1. The zero-order valence-electron chi connectivity index (χ0n) is 14.5. The van der Waals surface area contributed by atoms with Crippen LogP contribution >= 0.6 is 11.3 Å². The molecule has 3 nitrogen and oxygen atoms in total. The molecule has 1 aromatic heterocycles. The lowest BCUT2D eigenvalue weighted by Gasteiger charge is -2.25. The van der Waals surface area contributed by atoms with Crippen molar-refractivity contribution >= 4 is 17.2 Å². The van der Waals surface area contributed by atoms with Gasteiger partial charge < -0.3 is 4.90 Å². The highest BCUT2D eigenvalue weighted by atomic mass is 32.1. The van der Waals surface area contributed by atoms with E-state index in [1.165, 1.54) is 17.7 Å². The lowest BCUT2D eigenvalue weighted by Crippen LogP contribution is -2.30. The van der Waals surface area contributed by atoms with Crippen molar-refractivity contribution in [2.75, 3.05) is 7.05 Å². The Hall–Kier alpha value is -1.16. The lowest BCUT2D eigenvalue weighted by molar-refractivity contribution is -0.127. The van der Waals surface area contributed by atoms with Crippen LogP contribution in [0.2, 0.25) is 0 Å². The summed E-state index contributed by atoms with van der Waals surface area (Å²) in [5, 5.41) is 1.16. The molecule has 1 aromatic rings. The molecule has 0 aromatic carbocycles. The third-order valence-corrected chi connectivity index (χ3v) is 6.07. The highest BCUT2D eigenvalue weighted by Gasteiger charge is 2.24. The number of hydrogen-bond donors (Lipinski definition) is 0. The van der Waals surface area contributed by atoms with Gasteiger partial charge in [-0.2, -0.15) is 0 Å². The summed E-state index contributed by atoms with van der Waals surface area (Å²) in [6, 6.07) is 0.0849. The van der Waals surface area contributed by atoms with Crippen molar-refractivity contribution in [3.8, 4) is 0 Å². The molecule has 0 fully saturated rings. The lowest BCUT2D eigenvalue weighted by atomic mass is 10.1. The number of carbonyl (C=O) groups is 1. The predicted molar refractivity (Wildman–Crippen MR) is 93.3 cm³/mol.